The van der Waals surface area contributed by atoms with Gasteiger partial charge in [-0.3, -0.25) is 4.79 Å². The topological polar surface area (TPSA) is 92.9 Å². The Hall–Kier alpha value is -1.56. The number of anilines is 2. The number of nitrogens with one attached hydrogen (secondary N) is 2. The first-order chi connectivity index (χ1) is 7.11. The number of carbonyl (C=O) groups excluding carboxylic acids is 1. The minimum atomic E-state index is -0.120. The number of likely N-dealkylation sites (N-methyl/N-ethyl adjacent to an activating group) is 1. The van der Waals surface area contributed by atoms with Crippen molar-refractivity contribution in [2.24, 2.45) is 0 Å². The Morgan fingerprint density at radius 1 is 1.60 bits per heavy atom. The molecule has 82 valence electrons. The van der Waals surface area contributed by atoms with E-state index >= 15 is 0 Å². The average molecular weight is 230 g/mol. The number of carbonyl (C=O) groups is 1. The monoisotopic (exact) mass is 229 g/mol. The Morgan fingerprint density at radius 3 is 2.93 bits per heavy atom. The van der Waals surface area contributed by atoms with E-state index in [1.807, 2.05) is 6.92 Å². The summed E-state index contributed by atoms with van der Waals surface area (Å²) in [5.74, 6) is 0.380. The van der Waals surface area contributed by atoms with Crippen molar-refractivity contribution >= 4 is 29.3 Å². The molecule has 1 aromatic heterocycles. The van der Waals surface area contributed by atoms with Crippen molar-refractivity contribution in [1.29, 1.82) is 0 Å². The quantitative estimate of drug-likeness (QED) is 0.644. The third-order valence-corrected chi connectivity index (χ3v) is 1.71. The number of rotatable bonds is 4. The lowest BCUT2D eigenvalue weighted by molar-refractivity contribution is -0.119. The molecule has 1 rings (SSSR count). The van der Waals surface area contributed by atoms with Crippen LogP contribution in [0.25, 0.3) is 0 Å². The van der Waals surface area contributed by atoms with Gasteiger partial charge in [0.05, 0.1) is 6.54 Å². The highest BCUT2D eigenvalue weighted by Gasteiger charge is 2.02. The third kappa shape index (κ3) is 3.99. The fourth-order valence-electron chi connectivity index (χ4n) is 0.956. The maximum atomic E-state index is 11.1. The Balaban J connectivity index is 2.54. The van der Waals surface area contributed by atoms with Gasteiger partial charge in [0.1, 0.15) is 11.0 Å². The SMILES string of the molecule is CCNC(=O)CNc1cc(Cl)nc(N)n1. The number of aromatic nitrogens is 2. The van der Waals surface area contributed by atoms with Crippen LogP contribution in [0.2, 0.25) is 5.15 Å². The van der Waals surface area contributed by atoms with Gasteiger partial charge in [0, 0.05) is 12.6 Å². The molecule has 0 aromatic carbocycles. The molecule has 0 aliphatic rings. The van der Waals surface area contributed by atoms with Crippen LogP contribution in [-0.2, 0) is 4.79 Å². The van der Waals surface area contributed by atoms with Gasteiger partial charge in [0.25, 0.3) is 0 Å². The molecule has 6 nitrogen and oxygen atoms in total. The Labute approximate surface area is 92.2 Å². The first kappa shape index (κ1) is 11.5. The summed E-state index contributed by atoms with van der Waals surface area (Å²) in [6.45, 7) is 2.56. The van der Waals surface area contributed by atoms with Crippen molar-refractivity contribution in [2.75, 3.05) is 24.1 Å². The maximum Gasteiger partial charge on any atom is 0.239 e. The van der Waals surface area contributed by atoms with Gasteiger partial charge in [0.2, 0.25) is 11.9 Å². The lowest BCUT2D eigenvalue weighted by Crippen LogP contribution is -2.29. The molecular formula is C8H12ClN5O. The molecule has 0 fully saturated rings. The number of hydrogen-bond donors (Lipinski definition) is 3. The molecule has 15 heavy (non-hydrogen) atoms. The molecule has 1 heterocycles. The number of halogens is 1. The summed E-state index contributed by atoms with van der Waals surface area (Å²) in [5.41, 5.74) is 5.38. The van der Waals surface area contributed by atoms with Crippen LogP contribution < -0.4 is 16.4 Å². The molecule has 0 aliphatic carbocycles. The van der Waals surface area contributed by atoms with Crippen LogP contribution in [-0.4, -0.2) is 29.0 Å². The molecular weight excluding hydrogens is 218 g/mol. The largest absolute Gasteiger partial charge is 0.368 e. The summed E-state index contributed by atoms with van der Waals surface area (Å²) in [7, 11) is 0. The second-order valence-corrected chi connectivity index (χ2v) is 3.13. The van der Waals surface area contributed by atoms with Gasteiger partial charge in [-0.25, -0.2) is 4.98 Å². The van der Waals surface area contributed by atoms with Crippen LogP contribution in [0.15, 0.2) is 6.07 Å². The van der Waals surface area contributed by atoms with E-state index < -0.39 is 0 Å². The third-order valence-electron chi connectivity index (χ3n) is 1.52. The highest BCUT2D eigenvalue weighted by Crippen LogP contribution is 2.11. The van der Waals surface area contributed by atoms with Gasteiger partial charge in [-0.15, -0.1) is 0 Å². The van der Waals surface area contributed by atoms with Gasteiger partial charge in [-0.1, -0.05) is 11.6 Å². The molecule has 1 amide bonds. The molecule has 0 saturated heterocycles. The fourth-order valence-corrected chi connectivity index (χ4v) is 1.15. The molecule has 0 unspecified atom stereocenters. The molecule has 0 atom stereocenters. The standard InChI is InChI=1S/C8H12ClN5O/c1-2-11-7(15)4-12-6-3-5(9)13-8(10)14-6/h3H,2,4H2,1H3,(H,11,15)(H3,10,12,13,14). The van der Waals surface area contributed by atoms with E-state index in [1.54, 1.807) is 0 Å². The molecule has 1 aromatic rings. The van der Waals surface area contributed by atoms with Crippen LogP contribution in [0.1, 0.15) is 6.92 Å². The van der Waals surface area contributed by atoms with E-state index in [-0.39, 0.29) is 23.6 Å². The summed E-state index contributed by atoms with van der Waals surface area (Å²) in [6, 6.07) is 1.50. The van der Waals surface area contributed by atoms with Crippen molar-refractivity contribution in [3.8, 4) is 0 Å². The van der Waals surface area contributed by atoms with Gasteiger partial charge in [0.15, 0.2) is 0 Å². The van der Waals surface area contributed by atoms with Crippen LogP contribution in [0.3, 0.4) is 0 Å². The minimum Gasteiger partial charge on any atom is -0.368 e. The Morgan fingerprint density at radius 2 is 2.33 bits per heavy atom. The first-order valence-electron chi connectivity index (χ1n) is 4.42. The zero-order valence-electron chi connectivity index (χ0n) is 8.25. The molecule has 0 aliphatic heterocycles. The smallest absolute Gasteiger partial charge is 0.239 e. The molecule has 7 heteroatoms. The molecule has 0 radical (unpaired) electrons. The fraction of sp³-hybridized carbons (Fsp3) is 0.375. The highest BCUT2D eigenvalue weighted by atomic mass is 35.5. The summed E-state index contributed by atoms with van der Waals surface area (Å²) in [6.07, 6.45) is 0. The lowest BCUT2D eigenvalue weighted by Gasteiger charge is -2.05. The zero-order chi connectivity index (χ0) is 11.3. The predicted octanol–water partition coefficient (Wildman–Crippen LogP) is 0.260. The summed E-state index contributed by atoms with van der Waals surface area (Å²) >= 11 is 5.65. The Kier molecular flexibility index (Phi) is 4.11. The molecule has 0 saturated carbocycles. The molecule has 0 spiro atoms. The number of nitrogens with zero attached hydrogens (tertiary/aromatic N) is 2. The summed E-state index contributed by atoms with van der Waals surface area (Å²) in [5, 5.41) is 5.66. The van der Waals surface area contributed by atoms with Crippen molar-refractivity contribution < 1.29 is 4.79 Å². The van der Waals surface area contributed by atoms with E-state index in [0.717, 1.165) is 0 Å². The zero-order valence-corrected chi connectivity index (χ0v) is 9.01. The second-order valence-electron chi connectivity index (χ2n) is 2.74. The van der Waals surface area contributed by atoms with Gasteiger partial charge in [-0.2, -0.15) is 4.98 Å². The average Bonchev–Trinajstić information content (AvgIpc) is 2.14. The number of hydrogen-bond acceptors (Lipinski definition) is 5. The molecule has 4 N–H and O–H groups in total. The van der Waals surface area contributed by atoms with Crippen LogP contribution in [0.5, 0.6) is 0 Å². The molecule has 0 bridgehead atoms. The van der Waals surface area contributed by atoms with Crippen molar-refractivity contribution in [3.63, 3.8) is 0 Å². The van der Waals surface area contributed by atoms with Crippen molar-refractivity contribution in [1.82, 2.24) is 15.3 Å². The summed E-state index contributed by atoms with van der Waals surface area (Å²) < 4.78 is 0. The van der Waals surface area contributed by atoms with E-state index in [4.69, 9.17) is 17.3 Å². The van der Waals surface area contributed by atoms with Crippen LogP contribution in [0.4, 0.5) is 11.8 Å². The number of nitrogen functional groups attached to an aromatic ring is 1. The van der Waals surface area contributed by atoms with E-state index in [0.29, 0.717) is 12.4 Å². The summed E-state index contributed by atoms with van der Waals surface area (Å²) in [4.78, 5) is 18.7. The maximum absolute atomic E-state index is 11.1. The lowest BCUT2D eigenvalue weighted by atomic mass is 10.5. The van der Waals surface area contributed by atoms with Crippen LogP contribution in [0, 0.1) is 0 Å². The minimum absolute atomic E-state index is 0.0703. The first-order valence-corrected chi connectivity index (χ1v) is 4.80. The second kappa shape index (κ2) is 5.35. The van der Waals surface area contributed by atoms with Crippen molar-refractivity contribution in [3.05, 3.63) is 11.2 Å². The van der Waals surface area contributed by atoms with Gasteiger partial charge in [-0.05, 0) is 6.92 Å². The number of nitrogens with two attached hydrogens (primary N) is 1. The van der Waals surface area contributed by atoms with Gasteiger partial charge < -0.3 is 16.4 Å². The van der Waals surface area contributed by atoms with Crippen LogP contribution >= 0.6 is 11.6 Å². The normalized spacial score (nSPS) is 9.73. The van der Waals surface area contributed by atoms with E-state index in [2.05, 4.69) is 20.6 Å². The van der Waals surface area contributed by atoms with Gasteiger partial charge >= 0.3 is 0 Å². The van der Waals surface area contributed by atoms with Crippen molar-refractivity contribution in [2.45, 2.75) is 6.92 Å². The Bertz CT molecular complexity index is 337. The predicted molar refractivity (Wildman–Crippen MR) is 58.6 cm³/mol. The number of amides is 1. The highest BCUT2D eigenvalue weighted by molar-refractivity contribution is 6.29. The van der Waals surface area contributed by atoms with E-state index in [1.165, 1.54) is 6.07 Å². The van der Waals surface area contributed by atoms with E-state index in [9.17, 15) is 4.79 Å².